The Morgan fingerprint density at radius 2 is 0.961 bits per heavy atom. The highest BCUT2D eigenvalue weighted by molar-refractivity contribution is 6.74. The minimum atomic E-state index is -1.68. The summed E-state index contributed by atoms with van der Waals surface area (Å²) in [4.78, 5) is 43.0. The van der Waals surface area contributed by atoms with E-state index < -0.39 is 8.32 Å². The van der Waals surface area contributed by atoms with Crippen LogP contribution in [0.2, 0.25) is 18.1 Å². The first-order valence-electron chi connectivity index (χ1n) is 20.9. The van der Waals surface area contributed by atoms with Crippen LogP contribution in [0.3, 0.4) is 0 Å². The van der Waals surface area contributed by atoms with E-state index in [1.54, 1.807) is 0 Å². The Balaban J connectivity index is 0.000000175. The topological polar surface area (TPSA) is 70.2 Å². The van der Waals surface area contributed by atoms with Gasteiger partial charge in [0.25, 0.3) is 0 Å². The number of nitrogens with zero attached hydrogens (tertiary/aromatic N) is 3. The second-order valence-corrected chi connectivity index (χ2v) is 22.6. The number of carbonyl (C=O) groups is 3. The van der Waals surface area contributed by atoms with Gasteiger partial charge < -0.3 is 19.1 Å². The molecule has 0 aromatic carbocycles. The molecular weight excluding hydrogens is 651 g/mol. The van der Waals surface area contributed by atoms with E-state index in [9.17, 15) is 14.4 Å². The summed E-state index contributed by atoms with van der Waals surface area (Å²) in [5.74, 6) is 1.90. The second-order valence-electron chi connectivity index (χ2n) is 17.7. The van der Waals surface area contributed by atoms with Crippen LogP contribution in [0.15, 0.2) is 33.8 Å². The van der Waals surface area contributed by atoms with E-state index in [2.05, 4.69) is 69.3 Å². The number of ketones is 3. The maximum Gasteiger partial charge on any atom is 0.192 e. The zero-order chi connectivity index (χ0) is 37.2. The average Bonchev–Trinajstić information content (AvgIpc) is 3.08. The molecule has 0 spiro atoms. The van der Waals surface area contributed by atoms with Crippen LogP contribution in [0.25, 0.3) is 0 Å². The monoisotopic (exact) mass is 724 g/mol. The molecule has 3 aliphatic carbocycles. The molecular formula is C43H73N3O4Si. The molecule has 3 aliphatic heterocycles. The largest absolute Gasteiger partial charge is 0.415 e. The predicted molar refractivity (Wildman–Crippen MR) is 213 cm³/mol. The number of Topliss-reactive ketones (excluding diaryl/α,β-unsaturated/α-hetero) is 3. The highest BCUT2D eigenvalue weighted by Crippen LogP contribution is 2.37. The lowest BCUT2D eigenvalue weighted by Gasteiger charge is -2.39. The molecule has 0 atom stereocenters. The summed E-state index contributed by atoms with van der Waals surface area (Å²) >= 11 is 0. The van der Waals surface area contributed by atoms with Crippen molar-refractivity contribution in [1.29, 1.82) is 0 Å². The summed E-state index contributed by atoms with van der Waals surface area (Å²) in [6.45, 7) is 25.0. The van der Waals surface area contributed by atoms with Crippen molar-refractivity contribution < 1.29 is 18.8 Å². The van der Waals surface area contributed by atoms with Gasteiger partial charge in [-0.25, -0.2) is 0 Å². The number of allylic oxidation sites excluding steroid dienone is 6. The van der Waals surface area contributed by atoms with Crippen LogP contribution in [0.4, 0.5) is 0 Å². The minimum absolute atomic E-state index is 0.250. The number of hydrogen-bond acceptors (Lipinski definition) is 7. The van der Waals surface area contributed by atoms with Gasteiger partial charge in [-0.3, -0.25) is 14.4 Å². The number of hydrogen-bond donors (Lipinski definition) is 0. The van der Waals surface area contributed by atoms with Crippen molar-refractivity contribution in [1.82, 2.24) is 14.7 Å². The van der Waals surface area contributed by atoms with Crippen molar-refractivity contribution >= 4 is 25.7 Å². The predicted octanol–water partition coefficient (Wildman–Crippen LogP) is 9.75. The summed E-state index contributed by atoms with van der Waals surface area (Å²) in [5.41, 5.74) is 7.56. The molecule has 0 N–H and O–H groups in total. The SMILES string of the molecule is CC(C)(C)[Si](C)(C)OCCN1CCCC2=C1C(=O)CCC2.CC(C)CCN1CCCC2=C1C(=O)CCC2.CCCN1CCCC2=C1C(=O)CCC2. The van der Waals surface area contributed by atoms with Crippen LogP contribution < -0.4 is 0 Å². The third kappa shape index (κ3) is 11.4. The fourth-order valence-electron chi connectivity index (χ4n) is 8.39. The molecule has 0 amide bonds. The molecule has 0 fully saturated rings. The zero-order valence-electron chi connectivity index (χ0n) is 34.0. The van der Waals surface area contributed by atoms with Gasteiger partial charge in [-0.1, -0.05) is 41.5 Å². The lowest BCUT2D eigenvalue weighted by Crippen LogP contribution is -2.44. The number of rotatable bonds is 9. The van der Waals surface area contributed by atoms with Crippen LogP contribution in [-0.2, 0) is 18.8 Å². The molecule has 0 aromatic heterocycles. The van der Waals surface area contributed by atoms with Gasteiger partial charge in [-0.15, -0.1) is 0 Å². The maximum atomic E-state index is 12.2. The molecule has 288 valence electrons. The van der Waals surface area contributed by atoms with Gasteiger partial charge in [0.2, 0.25) is 0 Å². The van der Waals surface area contributed by atoms with E-state index in [4.69, 9.17) is 4.43 Å². The first-order valence-corrected chi connectivity index (χ1v) is 23.8. The Hall–Kier alpha value is -2.19. The highest BCUT2D eigenvalue weighted by Gasteiger charge is 2.37. The first-order chi connectivity index (χ1) is 24.2. The van der Waals surface area contributed by atoms with Crippen molar-refractivity contribution in [3.63, 3.8) is 0 Å². The van der Waals surface area contributed by atoms with Gasteiger partial charge in [0.15, 0.2) is 25.7 Å². The Kier molecular flexibility index (Phi) is 15.7. The van der Waals surface area contributed by atoms with E-state index in [1.807, 2.05) is 0 Å². The Morgan fingerprint density at radius 1 is 0.588 bits per heavy atom. The smallest absolute Gasteiger partial charge is 0.192 e. The molecule has 0 radical (unpaired) electrons. The lowest BCUT2D eigenvalue weighted by molar-refractivity contribution is -0.118. The summed E-state index contributed by atoms with van der Waals surface area (Å²) in [5, 5.41) is 0.250. The normalized spacial score (nSPS) is 21.6. The van der Waals surface area contributed by atoms with Crippen molar-refractivity contribution in [3.05, 3.63) is 33.8 Å². The highest BCUT2D eigenvalue weighted by atomic mass is 28.4. The van der Waals surface area contributed by atoms with Gasteiger partial charge in [-0.05, 0) is 131 Å². The third-order valence-electron chi connectivity index (χ3n) is 12.2. The van der Waals surface area contributed by atoms with Gasteiger partial charge in [-0.2, -0.15) is 0 Å². The Labute approximate surface area is 312 Å². The van der Waals surface area contributed by atoms with Crippen molar-refractivity contribution in [2.75, 3.05) is 45.9 Å². The first kappa shape index (κ1) is 41.6. The van der Waals surface area contributed by atoms with Crippen LogP contribution >= 0.6 is 0 Å². The number of carbonyl (C=O) groups excluding carboxylic acids is 3. The maximum absolute atomic E-state index is 12.2. The molecule has 0 bridgehead atoms. The van der Waals surface area contributed by atoms with Gasteiger partial charge >= 0.3 is 0 Å². The van der Waals surface area contributed by atoms with Gasteiger partial charge in [0.1, 0.15) is 0 Å². The van der Waals surface area contributed by atoms with Crippen LogP contribution in [0, 0.1) is 5.92 Å². The van der Waals surface area contributed by atoms with Crippen molar-refractivity contribution in [2.24, 2.45) is 5.92 Å². The summed E-state index contributed by atoms with van der Waals surface area (Å²) < 4.78 is 6.27. The van der Waals surface area contributed by atoms with Gasteiger partial charge in [0, 0.05) is 58.5 Å². The van der Waals surface area contributed by atoms with E-state index >= 15 is 0 Å². The fraction of sp³-hybridized carbons (Fsp3) is 0.791. The van der Waals surface area contributed by atoms with Crippen LogP contribution in [0.5, 0.6) is 0 Å². The summed E-state index contributed by atoms with van der Waals surface area (Å²) in [6.07, 6.45) is 18.4. The minimum Gasteiger partial charge on any atom is -0.415 e. The molecule has 8 heteroatoms. The fourth-order valence-corrected chi connectivity index (χ4v) is 9.42. The third-order valence-corrected chi connectivity index (χ3v) is 16.8. The lowest BCUT2D eigenvalue weighted by atomic mass is 9.88. The molecule has 51 heavy (non-hydrogen) atoms. The molecule has 6 aliphatic rings. The summed E-state index contributed by atoms with van der Waals surface area (Å²) in [6, 6.07) is 0. The van der Waals surface area contributed by atoms with E-state index in [-0.39, 0.29) is 5.04 Å². The molecule has 0 saturated carbocycles. The summed E-state index contributed by atoms with van der Waals surface area (Å²) in [7, 11) is -1.68. The molecule has 6 rings (SSSR count). The Morgan fingerprint density at radius 3 is 1.33 bits per heavy atom. The van der Waals surface area contributed by atoms with E-state index in [1.165, 1.54) is 68.1 Å². The van der Waals surface area contributed by atoms with E-state index in [0.717, 1.165) is 127 Å². The van der Waals surface area contributed by atoms with E-state index in [0.29, 0.717) is 17.3 Å². The van der Waals surface area contributed by atoms with Crippen molar-refractivity contribution in [2.45, 2.75) is 169 Å². The molecule has 0 aromatic rings. The average molecular weight is 724 g/mol. The quantitative estimate of drug-likeness (QED) is 0.220. The Bertz CT molecular complexity index is 1310. The van der Waals surface area contributed by atoms with Crippen LogP contribution in [0.1, 0.15) is 151 Å². The zero-order valence-corrected chi connectivity index (χ0v) is 35.0. The second kappa shape index (κ2) is 19.2. The molecule has 0 saturated heterocycles. The van der Waals surface area contributed by atoms with Gasteiger partial charge in [0.05, 0.1) is 23.7 Å². The standard InChI is InChI=1S/C17H31NO2Si.C14H23NO.C12H19NO/c1-17(2,3)21(4,5)20-13-12-18-11-7-9-14-8-6-10-15(19)16(14)18;1-11(2)8-10-15-9-4-6-12-5-3-7-13(16)14(12)15;1-2-8-13-9-4-6-10-5-3-7-11(14)12(10)13/h6-13H2,1-5H3;11H,3-10H2,1-2H3;2-9H2,1H3. The van der Waals surface area contributed by atoms with Crippen LogP contribution in [-0.4, -0.2) is 86.2 Å². The molecule has 7 nitrogen and oxygen atoms in total. The molecule has 0 unspecified atom stereocenters. The van der Waals surface area contributed by atoms with Crippen molar-refractivity contribution in [3.8, 4) is 0 Å². The molecule has 3 heterocycles.